The van der Waals surface area contributed by atoms with Crippen molar-refractivity contribution in [1.29, 1.82) is 0 Å². The van der Waals surface area contributed by atoms with Gasteiger partial charge in [0.05, 0.1) is 12.1 Å². The first-order valence-corrected chi connectivity index (χ1v) is 7.74. The second-order valence-electron chi connectivity index (χ2n) is 5.42. The molecule has 0 aliphatic rings. The first-order chi connectivity index (χ1) is 10.6. The van der Waals surface area contributed by atoms with E-state index in [4.69, 9.17) is 21.1 Å². The highest BCUT2D eigenvalue weighted by Gasteiger charge is 2.12. The molecular weight excluding hydrogens is 333 g/mol. The van der Waals surface area contributed by atoms with Crippen LogP contribution in [0, 0.1) is 0 Å². The molecule has 0 unspecified atom stereocenters. The molecule has 5 heteroatoms. The fourth-order valence-corrected chi connectivity index (χ4v) is 2.35. The molecule has 1 N–H and O–H groups in total. The molecule has 3 nitrogen and oxygen atoms in total. The average Bonchev–Trinajstić information content (AvgIpc) is 2.52. The lowest BCUT2D eigenvalue weighted by Crippen LogP contribution is -2.21. The zero-order valence-electron chi connectivity index (χ0n) is 13.6. The Hall–Kier alpha value is -1.42. The van der Waals surface area contributed by atoms with Crippen molar-refractivity contribution >= 4 is 24.0 Å². The summed E-state index contributed by atoms with van der Waals surface area (Å²) in [6.07, 6.45) is 0. The van der Waals surface area contributed by atoms with E-state index in [-0.39, 0.29) is 12.4 Å². The molecule has 0 bridgehead atoms. The van der Waals surface area contributed by atoms with Crippen molar-refractivity contribution in [3.05, 3.63) is 58.6 Å². The second-order valence-corrected chi connectivity index (χ2v) is 5.83. The van der Waals surface area contributed by atoms with E-state index in [0.29, 0.717) is 29.2 Å². The summed E-state index contributed by atoms with van der Waals surface area (Å²) >= 11 is 6.36. The van der Waals surface area contributed by atoms with Crippen LogP contribution in [0.2, 0.25) is 5.02 Å². The van der Waals surface area contributed by atoms with Gasteiger partial charge in [-0.2, -0.15) is 0 Å². The zero-order valence-corrected chi connectivity index (χ0v) is 15.2. The number of halogens is 2. The normalized spacial score (nSPS) is 10.3. The van der Waals surface area contributed by atoms with Crippen LogP contribution in [-0.2, 0) is 13.2 Å². The van der Waals surface area contributed by atoms with Gasteiger partial charge in [0.25, 0.3) is 0 Å². The molecule has 0 aliphatic carbocycles. The summed E-state index contributed by atoms with van der Waals surface area (Å²) < 4.78 is 11.3. The Morgan fingerprint density at radius 1 is 1.09 bits per heavy atom. The van der Waals surface area contributed by atoms with Crippen molar-refractivity contribution < 1.29 is 9.47 Å². The summed E-state index contributed by atoms with van der Waals surface area (Å²) in [7, 11) is 1.63. The molecule has 0 saturated heterocycles. The Labute approximate surface area is 149 Å². The minimum atomic E-state index is 0. The summed E-state index contributed by atoms with van der Waals surface area (Å²) in [6.45, 7) is 5.42. The van der Waals surface area contributed by atoms with Gasteiger partial charge in [-0.3, -0.25) is 0 Å². The fraction of sp³-hybridized carbons (Fsp3) is 0.333. The molecule has 2 aromatic carbocycles. The number of ether oxygens (including phenoxy) is 2. The Bertz CT molecular complexity index is 603. The smallest absolute Gasteiger partial charge is 0.180 e. The average molecular weight is 356 g/mol. The Balaban J connectivity index is 0.00000264. The van der Waals surface area contributed by atoms with Gasteiger partial charge in [0.2, 0.25) is 0 Å². The molecule has 23 heavy (non-hydrogen) atoms. The van der Waals surface area contributed by atoms with Crippen molar-refractivity contribution in [1.82, 2.24) is 5.32 Å². The standard InChI is InChI=1S/C18H22ClNO2.ClH/c1-13(2)20-11-15-9-16(19)18(17(10-15)21-3)22-12-14-7-5-4-6-8-14;/h4-10,13,20H,11-12H2,1-3H3;1H. The maximum Gasteiger partial charge on any atom is 0.180 e. The number of methoxy groups -OCH3 is 1. The monoisotopic (exact) mass is 355 g/mol. The van der Waals surface area contributed by atoms with Gasteiger partial charge in [0.15, 0.2) is 11.5 Å². The zero-order chi connectivity index (χ0) is 15.9. The third kappa shape index (κ3) is 5.94. The highest BCUT2D eigenvalue weighted by molar-refractivity contribution is 6.32. The molecule has 0 atom stereocenters. The molecule has 2 aromatic rings. The van der Waals surface area contributed by atoms with Crippen LogP contribution in [0.5, 0.6) is 11.5 Å². The highest BCUT2D eigenvalue weighted by Crippen LogP contribution is 2.37. The SMILES string of the molecule is COc1cc(CNC(C)C)cc(Cl)c1OCc1ccccc1.Cl. The van der Waals surface area contributed by atoms with Gasteiger partial charge in [-0.1, -0.05) is 55.8 Å². The Kier molecular flexibility index (Phi) is 8.24. The molecule has 0 heterocycles. The fourth-order valence-electron chi connectivity index (χ4n) is 2.07. The van der Waals surface area contributed by atoms with Crippen LogP contribution in [0.1, 0.15) is 25.0 Å². The Morgan fingerprint density at radius 3 is 2.39 bits per heavy atom. The molecule has 0 fully saturated rings. The lowest BCUT2D eigenvalue weighted by Gasteiger charge is -2.15. The summed E-state index contributed by atoms with van der Waals surface area (Å²) in [5.74, 6) is 1.24. The van der Waals surface area contributed by atoms with Crippen LogP contribution in [-0.4, -0.2) is 13.2 Å². The minimum absolute atomic E-state index is 0. The molecule has 0 saturated carbocycles. The molecule has 0 spiro atoms. The molecule has 0 aromatic heterocycles. The third-order valence-electron chi connectivity index (χ3n) is 3.23. The van der Waals surface area contributed by atoms with Gasteiger partial charge in [-0.25, -0.2) is 0 Å². The van der Waals surface area contributed by atoms with E-state index in [0.717, 1.165) is 17.7 Å². The van der Waals surface area contributed by atoms with Crippen LogP contribution in [0.4, 0.5) is 0 Å². The van der Waals surface area contributed by atoms with Crippen LogP contribution in [0.3, 0.4) is 0 Å². The van der Waals surface area contributed by atoms with Crippen molar-refractivity contribution in [3.63, 3.8) is 0 Å². The van der Waals surface area contributed by atoms with Crippen molar-refractivity contribution in [2.24, 2.45) is 0 Å². The summed E-state index contributed by atoms with van der Waals surface area (Å²) in [6, 6.07) is 14.3. The second kappa shape index (κ2) is 9.66. The van der Waals surface area contributed by atoms with Crippen LogP contribution >= 0.6 is 24.0 Å². The van der Waals surface area contributed by atoms with Crippen molar-refractivity contribution in [2.45, 2.75) is 33.0 Å². The maximum atomic E-state index is 6.36. The predicted octanol–water partition coefficient (Wildman–Crippen LogP) is 4.85. The van der Waals surface area contributed by atoms with Crippen LogP contribution in [0.25, 0.3) is 0 Å². The minimum Gasteiger partial charge on any atom is -0.493 e. The third-order valence-corrected chi connectivity index (χ3v) is 3.51. The molecule has 0 amide bonds. The molecule has 2 rings (SSSR count). The lowest BCUT2D eigenvalue weighted by atomic mass is 10.2. The lowest BCUT2D eigenvalue weighted by molar-refractivity contribution is 0.284. The topological polar surface area (TPSA) is 30.5 Å². The number of benzene rings is 2. The highest BCUT2D eigenvalue weighted by atomic mass is 35.5. The number of nitrogens with one attached hydrogen (secondary N) is 1. The van der Waals surface area contributed by atoms with E-state index in [1.165, 1.54) is 0 Å². The molecule has 126 valence electrons. The van der Waals surface area contributed by atoms with E-state index in [1.807, 2.05) is 42.5 Å². The van der Waals surface area contributed by atoms with Crippen molar-refractivity contribution in [3.8, 4) is 11.5 Å². The number of hydrogen-bond donors (Lipinski definition) is 1. The van der Waals surface area contributed by atoms with Crippen LogP contribution in [0.15, 0.2) is 42.5 Å². The summed E-state index contributed by atoms with van der Waals surface area (Å²) in [4.78, 5) is 0. The van der Waals surface area contributed by atoms with Crippen molar-refractivity contribution in [2.75, 3.05) is 7.11 Å². The maximum absolute atomic E-state index is 6.36. The molecule has 0 radical (unpaired) electrons. The van der Waals surface area contributed by atoms with Gasteiger partial charge in [-0.05, 0) is 23.3 Å². The molecule has 0 aliphatic heterocycles. The predicted molar refractivity (Wildman–Crippen MR) is 98.0 cm³/mol. The van der Waals surface area contributed by atoms with E-state index >= 15 is 0 Å². The summed E-state index contributed by atoms with van der Waals surface area (Å²) in [5, 5.41) is 3.93. The quantitative estimate of drug-likeness (QED) is 0.770. The largest absolute Gasteiger partial charge is 0.493 e. The first-order valence-electron chi connectivity index (χ1n) is 7.36. The molecular formula is C18H23Cl2NO2. The van der Waals surface area contributed by atoms with E-state index in [9.17, 15) is 0 Å². The van der Waals surface area contributed by atoms with Gasteiger partial charge in [0.1, 0.15) is 6.61 Å². The van der Waals surface area contributed by atoms with E-state index < -0.39 is 0 Å². The van der Waals surface area contributed by atoms with Gasteiger partial charge in [0, 0.05) is 12.6 Å². The van der Waals surface area contributed by atoms with Gasteiger partial charge in [-0.15, -0.1) is 12.4 Å². The van der Waals surface area contributed by atoms with Crippen LogP contribution < -0.4 is 14.8 Å². The number of rotatable bonds is 7. The number of hydrogen-bond acceptors (Lipinski definition) is 3. The van der Waals surface area contributed by atoms with E-state index in [2.05, 4.69) is 19.2 Å². The first kappa shape index (κ1) is 19.6. The Morgan fingerprint density at radius 2 is 1.78 bits per heavy atom. The summed E-state index contributed by atoms with van der Waals surface area (Å²) in [5.41, 5.74) is 2.16. The van der Waals surface area contributed by atoms with Gasteiger partial charge >= 0.3 is 0 Å². The van der Waals surface area contributed by atoms with E-state index in [1.54, 1.807) is 7.11 Å². The van der Waals surface area contributed by atoms with Gasteiger partial charge < -0.3 is 14.8 Å².